The van der Waals surface area contributed by atoms with Crippen LogP contribution in [0, 0.1) is 13.8 Å². The van der Waals surface area contributed by atoms with E-state index >= 15 is 0 Å². The van der Waals surface area contributed by atoms with Crippen LogP contribution in [-0.2, 0) is 6.42 Å². The van der Waals surface area contributed by atoms with Crippen LogP contribution in [0.4, 0.5) is 5.82 Å². The van der Waals surface area contributed by atoms with Crippen LogP contribution in [0.25, 0.3) is 17.1 Å². The molecule has 0 unspecified atom stereocenters. The highest BCUT2D eigenvalue weighted by atomic mass is 16.3. The molecule has 1 aromatic carbocycles. The number of imidazole rings is 1. The molecule has 4 nitrogen and oxygen atoms in total. The van der Waals surface area contributed by atoms with Crippen LogP contribution in [0.3, 0.4) is 0 Å². The van der Waals surface area contributed by atoms with Crippen LogP contribution in [0.1, 0.15) is 42.4 Å². The standard InChI is InChI=1S/C25H29N3O/c1-19-11-9-12-20(2)21(19)13-5-3-4-7-16-26-25-24(22-14-10-18-29-22)27-23-15-6-8-17-28(23)25/h6,8-12,14-15,17-18,26H,3-5,7,13,16H2,1-2H3. The average molecular weight is 388 g/mol. The third-order valence-electron chi connectivity index (χ3n) is 5.57. The number of anilines is 1. The molecule has 0 radical (unpaired) electrons. The maximum atomic E-state index is 5.59. The molecule has 150 valence electrons. The van der Waals surface area contributed by atoms with Gasteiger partial charge in [0.2, 0.25) is 0 Å². The number of aromatic nitrogens is 2. The van der Waals surface area contributed by atoms with Crippen molar-refractivity contribution in [2.75, 3.05) is 11.9 Å². The van der Waals surface area contributed by atoms with Crippen molar-refractivity contribution in [2.24, 2.45) is 0 Å². The zero-order chi connectivity index (χ0) is 20.1. The number of fused-ring (bicyclic) bond motifs is 1. The van der Waals surface area contributed by atoms with E-state index in [1.54, 1.807) is 6.26 Å². The first-order valence-electron chi connectivity index (χ1n) is 10.5. The lowest BCUT2D eigenvalue weighted by Crippen LogP contribution is -2.05. The predicted octanol–water partition coefficient (Wildman–Crippen LogP) is 6.43. The van der Waals surface area contributed by atoms with Gasteiger partial charge in [-0.3, -0.25) is 4.40 Å². The molecule has 0 saturated carbocycles. The van der Waals surface area contributed by atoms with Gasteiger partial charge in [0.25, 0.3) is 0 Å². The van der Waals surface area contributed by atoms with Crippen molar-refractivity contribution in [1.29, 1.82) is 0 Å². The predicted molar refractivity (Wildman–Crippen MR) is 119 cm³/mol. The molecule has 0 atom stereocenters. The van der Waals surface area contributed by atoms with E-state index in [4.69, 9.17) is 9.40 Å². The fourth-order valence-electron chi connectivity index (χ4n) is 3.98. The van der Waals surface area contributed by atoms with Crippen molar-refractivity contribution in [1.82, 2.24) is 9.38 Å². The summed E-state index contributed by atoms with van der Waals surface area (Å²) in [6.07, 6.45) is 9.80. The van der Waals surface area contributed by atoms with Gasteiger partial charge in [-0.25, -0.2) is 4.98 Å². The van der Waals surface area contributed by atoms with E-state index in [9.17, 15) is 0 Å². The summed E-state index contributed by atoms with van der Waals surface area (Å²) >= 11 is 0. The molecule has 4 rings (SSSR count). The minimum Gasteiger partial charge on any atom is -0.463 e. The molecule has 3 aromatic heterocycles. The second-order valence-corrected chi connectivity index (χ2v) is 7.68. The van der Waals surface area contributed by atoms with Crippen molar-refractivity contribution >= 4 is 11.5 Å². The molecule has 0 amide bonds. The van der Waals surface area contributed by atoms with Crippen LogP contribution in [0.2, 0.25) is 0 Å². The van der Waals surface area contributed by atoms with E-state index in [0.29, 0.717) is 0 Å². The van der Waals surface area contributed by atoms with E-state index in [0.717, 1.165) is 35.9 Å². The number of unbranched alkanes of at least 4 members (excludes halogenated alkanes) is 3. The SMILES string of the molecule is Cc1cccc(C)c1CCCCCCNc1c(-c2ccco2)nc2ccccn12. The fourth-order valence-corrected chi connectivity index (χ4v) is 3.98. The Balaban J connectivity index is 1.30. The molecule has 0 aliphatic carbocycles. The number of rotatable bonds is 9. The second-order valence-electron chi connectivity index (χ2n) is 7.68. The molecule has 0 aliphatic rings. The molecule has 3 heterocycles. The maximum absolute atomic E-state index is 5.59. The highest BCUT2D eigenvalue weighted by molar-refractivity contribution is 5.73. The normalized spacial score (nSPS) is 11.2. The van der Waals surface area contributed by atoms with Crippen molar-refractivity contribution in [3.8, 4) is 11.5 Å². The van der Waals surface area contributed by atoms with Gasteiger partial charge in [-0.2, -0.15) is 0 Å². The lowest BCUT2D eigenvalue weighted by Gasteiger charge is -2.10. The zero-order valence-corrected chi connectivity index (χ0v) is 17.3. The quantitative estimate of drug-likeness (QED) is 0.337. The van der Waals surface area contributed by atoms with Crippen LogP contribution in [0.15, 0.2) is 65.4 Å². The molecule has 0 saturated heterocycles. The average Bonchev–Trinajstić information content (AvgIpc) is 3.37. The number of hydrogen-bond donors (Lipinski definition) is 1. The molecule has 4 heteroatoms. The molecular formula is C25H29N3O. The van der Waals surface area contributed by atoms with Crippen molar-refractivity contribution < 1.29 is 4.42 Å². The van der Waals surface area contributed by atoms with Crippen LogP contribution < -0.4 is 5.32 Å². The number of aryl methyl sites for hydroxylation is 2. The van der Waals surface area contributed by atoms with Gasteiger partial charge in [0.15, 0.2) is 5.76 Å². The molecule has 0 fully saturated rings. The Labute approximate surface area is 172 Å². The monoisotopic (exact) mass is 387 g/mol. The molecule has 1 N–H and O–H groups in total. The highest BCUT2D eigenvalue weighted by Gasteiger charge is 2.15. The van der Waals surface area contributed by atoms with E-state index in [2.05, 4.69) is 41.8 Å². The summed E-state index contributed by atoms with van der Waals surface area (Å²) in [5.41, 5.74) is 6.17. The fraction of sp³-hybridized carbons (Fsp3) is 0.320. The second kappa shape index (κ2) is 8.99. The van der Waals surface area contributed by atoms with E-state index in [1.807, 2.05) is 36.5 Å². The summed E-state index contributed by atoms with van der Waals surface area (Å²) < 4.78 is 7.69. The maximum Gasteiger partial charge on any atom is 0.156 e. The van der Waals surface area contributed by atoms with E-state index in [1.165, 1.54) is 42.4 Å². The van der Waals surface area contributed by atoms with Crippen LogP contribution >= 0.6 is 0 Å². The van der Waals surface area contributed by atoms with Gasteiger partial charge in [-0.15, -0.1) is 0 Å². The Bertz CT molecular complexity index is 1040. The highest BCUT2D eigenvalue weighted by Crippen LogP contribution is 2.29. The van der Waals surface area contributed by atoms with Gasteiger partial charge in [-0.1, -0.05) is 37.1 Å². The van der Waals surface area contributed by atoms with Crippen LogP contribution in [0.5, 0.6) is 0 Å². The first-order valence-corrected chi connectivity index (χ1v) is 10.5. The van der Waals surface area contributed by atoms with Gasteiger partial charge in [-0.05, 0) is 74.1 Å². The number of benzene rings is 1. The Morgan fingerprint density at radius 1 is 0.897 bits per heavy atom. The summed E-state index contributed by atoms with van der Waals surface area (Å²) in [5, 5.41) is 3.59. The molecular weight excluding hydrogens is 358 g/mol. The molecule has 29 heavy (non-hydrogen) atoms. The lowest BCUT2D eigenvalue weighted by atomic mass is 9.97. The van der Waals surface area contributed by atoms with Gasteiger partial charge in [0.05, 0.1) is 6.26 Å². The lowest BCUT2D eigenvalue weighted by molar-refractivity contribution is 0.580. The molecule has 4 aromatic rings. The summed E-state index contributed by atoms with van der Waals surface area (Å²) in [4.78, 5) is 4.74. The van der Waals surface area contributed by atoms with Crippen molar-refractivity contribution in [2.45, 2.75) is 46.0 Å². The molecule has 0 aliphatic heterocycles. The minimum atomic E-state index is 0.796. The third-order valence-corrected chi connectivity index (χ3v) is 5.57. The third kappa shape index (κ3) is 4.37. The van der Waals surface area contributed by atoms with Gasteiger partial charge in [0.1, 0.15) is 17.2 Å². The number of nitrogens with zero attached hydrogens (tertiary/aromatic N) is 2. The number of hydrogen-bond acceptors (Lipinski definition) is 3. The molecule has 0 bridgehead atoms. The summed E-state index contributed by atoms with van der Waals surface area (Å²) in [6, 6.07) is 16.5. The summed E-state index contributed by atoms with van der Waals surface area (Å²) in [5.74, 6) is 1.80. The van der Waals surface area contributed by atoms with Gasteiger partial charge >= 0.3 is 0 Å². The number of nitrogens with one attached hydrogen (secondary N) is 1. The van der Waals surface area contributed by atoms with Crippen molar-refractivity contribution in [3.63, 3.8) is 0 Å². The van der Waals surface area contributed by atoms with Crippen molar-refractivity contribution in [3.05, 3.63) is 77.7 Å². The zero-order valence-electron chi connectivity index (χ0n) is 17.3. The smallest absolute Gasteiger partial charge is 0.156 e. The largest absolute Gasteiger partial charge is 0.463 e. The topological polar surface area (TPSA) is 42.5 Å². The van der Waals surface area contributed by atoms with E-state index in [-0.39, 0.29) is 0 Å². The minimum absolute atomic E-state index is 0.796. The first kappa shape index (κ1) is 19.3. The molecule has 0 spiro atoms. The van der Waals surface area contributed by atoms with Gasteiger partial charge in [0, 0.05) is 12.7 Å². The summed E-state index contributed by atoms with van der Waals surface area (Å²) in [6.45, 7) is 5.37. The first-order chi connectivity index (χ1) is 14.2. The number of pyridine rings is 1. The Morgan fingerprint density at radius 2 is 1.72 bits per heavy atom. The Hall–Kier alpha value is -3.01. The Kier molecular flexibility index (Phi) is 5.99. The Morgan fingerprint density at radius 3 is 2.52 bits per heavy atom. The summed E-state index contributed by atoms with van der Waals surface area (Å²) in [7, 11) is 0. The van der Waals surface area contributed by atoms with E-state index < -0.39 is 0 Å². The van der Waals surface area contributed by atoms with Gasteiger partial charge < -0.3 is 9.73 Å². The van der Waals surface area contributed by atoms with Crippen LogP contribution in [-0.4, -0.2) is 15.9 Å². The number of furan rings is 1.